The summed E-state index contributed by atoms with van der Waals surface area (Å²) in [5, 5.41) is 11.8. The molecule has 0 aliphatic rings. The van der Waals surface area contributed by atoms with Crippen molar-refractivity contribution >= 4 is 5.91 Å². The number of carbonyl (C=O) groups excluding carboxylic acids is 1. The van der Waals surface area contributed by atoms with E-state index in [0.29, 0.717) is 19.3 Å². The molecule has 0 aliphatic carbocycles. The van der Waals surface area contributed by atoms with Gasteiger partial charge in [-0.2, -0.15) is 0 Å². The highest BCUT2D eigenvalue weighted by atomic mass is 16.3. The van der Waals surface area contributed by atoms with Crippen molar-refractivity contribution < 1.29 is 9.90 Å². The Morgan fingerprint density at radius 2 is 2.23 bits per heavy atom. The zero-order chi connectivity index (χ0) is 10.3. The number of aliphatic hydroxyl groups is 1. The maximum absolute atomic E-state index is 11.1. The second kappa shape index (κ2) is 6.50. The van der Waals surface area contributed by atoms with Crippen molar-refractivity contribution in [2.75, 3.05) is 0 Å². The van der Waals surface area contributed by atoms with Crippen LogP contribution in [0.4, 0.5) is 0 Å². The maximum atomic E-state index is 11.1. The Labute approximate surface area is 79.5 Å². The minimum Gasteiger partial charge on any atom is -0.393 e. The van der Waals surface area contributed by atoms with E-state index in [1.165, 1.54) is 0 Å². The van der Waals surface area contributed by atoms with E-state index in [1.807, 2.05) is 6.92 Å². The van der Waals surface area contributed by atoms with Crippen molar-refractivity contribution in [1.82, 2.24) is 5.32 Å². The molecule has 0 saturated heterocycles. The molecule has 2 atom stereocenters. The molecule has 2 N–H and O–H groups in total. The molecule has 2 unspecified atom stereocenters. The average Bonchev–Trinajstić information content (AvgIpc) is 1.98. The predicted octanol–water partition coefficient (Wildman–Crippen LogP) is 0.675. The first-order valence-electron chi connectivity index (χ1n) is 4.47. The summed E-state index contributed by atoms with van der Waals surface area (Å²) in [6, 6.07) is 0.00488. The van der Waals surface area contributed by atoms with Crippen molar-refractivity contribution in [3.63, 3.8) is 0 Å². The lowest BCUT2D eigenvalue weighted by Crippen LogP contribution is -2.34. The highest BCUT2D eigenvalue weighted by Crippen LogP contribution is 1.97. The van der Waals surface area contributed by atoms with Crippen LogP contribution in [0.5, 0.6) is 0 Å². The molecule has 0 radical (unpaired) electrons. The molecule has 0 bridgehead atoms. The zero-order valence-electron chi connectivity index (χ0n) is 8.21. The van der Waals surface area contributed by atoms with Gasteiger partial charge in [-0.25, -0.2) is 0 Å². The van der Waals surface area contributed by atoms with Gasteiger partial charge in [-0.1, -0.05) is 0 Å². The Bertz CT molecular complexity index is 194. The fraction of sp³-hybridized carbons (Fsp3) is 0.700. The van der Waals surface area contributed by atoms with Crippen LogP contribution in [-0.4, -0.2) is 23.2 Å². The molecule has 1 amide bonds. The van der Waals surface area contributed by atoms with Gasteiger partial charge in [0.15, 0.2) is 0 Å². The molecule has 0 aliphatic heterocycles. The van der Waals surface area contributed by atoms with Crippen LogP contribution in [-0.2, 0) is 4.79 Å². The van der Waals surface area contributed by atoms with Crippen LogP contribution in [0.3, 0.4) is 0 Å². The third-order valence-electron chi connectivity index (χ3n) is 1.60. The van der Waals surface area contributed by atoms with Gasteiger partial charge < -0.3 is 10.4 Å². The van der Waals surface area contributed by atoms with Crippen LogP contribution in [0.15, 0.2) is 0 Å². The van der Waals surface area contributed by atoms with E-state index in [1.54, 1.807) is 6.92 Å². The van der Waals surface area contributed by atoms with E-state index in [9.17, 15) is 4.79 Å². The molecule has 0 saturated carbocycles. The summed E-state index contributed by atoms with van der Waals surface area (Å²) in [4.78, 5) is 11.1. The number of rotatable bonds is 5. The van der Waals surface area contributed by atoms with E-state index >= 15 is 0 Å². The lowest BCUT2D eigenvalue weighted by Gasteiger charge is -2.14. The van der Waals surface area contributed by atoms with Crippen molar-refractivity contribution in [2.45, 2.75) is 45.3 Å². The van der Waals surface area contributed by atoms with Gasteiger partial charge in [0, 0.05) is 18.9 Å². The zero-order valence-corrected chi connectivity index (χ0v) is 8.21. The van der Waals surface area contributed by atoms with Gasteiger partial charge in [0.1, 0.15) is 0 Å². The van der Waals surface area contributed by atoms with Gasteiger partial charge in [0.25, 0.3) is 0 Å². The monoisotopic (exact) mass is 183 g/mol. The second-order valence-electron chi connectivity index (χ2n) is 3.26. The maximum Gasteiger partial charge on any atom is 0.221 e. The summed E-state index contributed by atoms with van der Waals surface area (Å²) in [5.41, 5.74) is 0. The van der Waals surface area contributed by atoms with Crippen LogP contribution < -0.4 is 5.32 Å². The van der Waals surface area contributed by atoms with Gasteiger partial charge in [-0.15, -0.1) is 12.3 Å². The molecule has 0 aromatic rings. The molecule has 13 heavy (non-hydrogen) atoms. The molecule has 0 aromatic heterocycles. The molecule has 0 heterocycles. The summed E-state index contributed by atoms with van der Waals surface area (Å²) in [6.07, 6.45) is 6.03. The van der Waals surface area contributed by atoms with Crippen LogP contribution in [0.2, 0.25) is 0 Å². The van der Waals surface area contributed by atoms with E-state index in [2.05, 4.69) is 11.2 Å². The van der Waals surface area contributed by atoms with E-state index < -0.39 is 0 Å². The van der Waals surface area contributed by atoms with Crippen molar-refractivity contribution in [2.24, 2.45) is 0 Å². The quantitative estimate of drug-likeness (QED) is 0.616. The summed E-state index contributed by atoms with van der Waals surface area (Å²) < 4.78 is 0. The lowest BCUT2D eigenvalue weighted by molar-refractivity contribution is -0.121. The number of nitrogens with one attached hydrogen (secondary N) is 1. The van der Waals surface area contributed by atoms with Crippen LogP contribution in [0, 0.1) is 12.3 Å². The average molecular weight is 183 g/mol. The molecule has 3 heteroatoms. The molecular formula is C10H17NO2. The highest BCUT2D eigenvalue weighted by Gasteiger charge is 2.08. The summed E-state index contributed by atoms with van der Waals surface area (Å²) in [6.45, 7) is 3.56. The first-order chi connectivity index (χ1) is 6.06. The SMILES string of the molecule is C#CCCC(=O)NC(C)CC(C)O. The summed E-state index contributed by atoms with van der Waals surface area (Å²) >= 11 is 0. The Morgan fingerprint density at radius 3 is 2.69 bits per heavy atom. The largest absolute Gasteiger partial charge is 0.393 e. The van der Waals surface area contributed by atoms with Crippen LogP contribution in [0.25, 0.3) is 0 Å². The van der Waals surface area contributed by atoms with E-state index in [0.717, 1.165) is 0 Å². The van der Waals surface area contributed by atoms with Crippen molar-refractivity contribution in [3.8, 4) is 12.3 Å². The first kappa shape index (κ1) is 12.0. The predicted molar refractivity (Wildman–Crippen MR) is 52.0 cm³/mol. The minimum atomic E-state index is -0.386. The number of carbonyl (C=O) groups is 1. The number of terminal acetylenes is 1. The van der Waals surface area contributed by atoms with Crippen molar-refractivity contribution in [3.05, 3.63) is 0 Å². The van der Waals surface area contributed by atoms with E-state index in [4.69, 9.17) is 11.5 Å². The Kier molecular flexibility index (Phi) is 5.99. The summed E-state index contributed by atoms with van der Waals surface area (Å²) in [7, 11) is 0. The molecular weight excluding hydrogens is 166 g/mol. The lowest BCUT2D eigenvalue weighted by atomic mass is 10.1. The van der Waals surface area contributed by atoms with Gasteiger partial charge in [0.2, 0.25) is 5.91 Å². The first-order valence-corrected chi connectivity index (χ1v) is 4.47. The van der Waals surface area contributed by atoms with Crippen molar-refractivity contribution in [1.29, 1.82) is 0 Å². The van der Waals surface area contributed by atoms with Gasteiger partial charge in [-0.05, 0) is 20.3 Å². The van der Waals surface area contributed by atoms with Crippen LogP contribution in [0.1, 0.15) is 33.1 Å². The molecule has 0 aromatic carbocycles. The number of hydrogen-bond donors (Lipinski definition) is 2. The molecule has 74 valence electrons. The number of aliphatic hydroxyl groups excluding tert-OH is 1. The van der Waals surface area contributed by atoms with Gasteiger partial charge in [0.05, 0.1) is 6.10 Å². The molecule has 3 nitrogen and oxygen atoms in total. The standard InChI is InChI=1S/C10H17NO2/c1-4-5-6-10(13)11-8(2)7-9(3)12/h1,8-9,12H,5-7H2,2-3H3,(H,11,13). The van der Waals surface area contributed by atoms with Gasteiger partial charge in [-0.3, -0.25) is 4.79 Å². The molecule has 0 fully saturated rings. The van der Waals surface area contributed by atoms with E-state index in [-0.39, 0.29) is 18.1 Å². The number of amides is 1. The second-order valence-corrected chi connectivity index (χ2v) is 3.26. The third-order valence-corrected chi connectivity index (χ3v) is 1.60. The Morgan fingerprint density at radius 1 is 1.62 bits per heavy atom. The van der Waals surface area contributed by atoms with Gasteiger partial charge >= 0.3 is 0 Å². The fourth-order valence-electron chi connectivity index (χ4n) is 1.10. The van der Waals surface area contributed by atoms with Crippen LogP contribution >= 0.6 is 0 Å². The Hall–Kier alpha value is -1.01. The minimum absolute atomic E-state index is 0.00488. The highest BCUT2D eigenvalue weighted by molar-refractivity contribution is 5.76. The normalized spacial score (nSPS) is 14.3. The summed E-state index contributed by atoms with van der Waals surface area (Å²) in [5.74, 6) is 2.35. The smallest absolute Gasteiger partial charge is 0.221 e. The Balaban J connectivity index is 3.60. The molecule has 0 spiro atoms. The topological polar surface area (TPSA) is 49.3 Å². The fourth-order valence-corrected chi connectivity index (χ4v) is 1.10. The molecule has 0 rings (SSSR count). The number of hydrogen-bond acceptors (Lipinski definition) is 2. The third kappa shape index (κ3) is 7.35.